The molecule has 0 unspecified atom stereocenters. The second kappa shape index (κ2) is 10.1. The van der Waals surface area contributed by atoms with Crippen LogP contribution in [0, 0.1) is 0 Å². The molecular formula is C22H25NO2. The lowest BCUT2D eigenvalue weighted by molar-refractivity contribution is -0.116. The van der Waals surface area contributed by atoms with Gasteiger partial charge in [-0.2, -0.15) is 0 Å². The zero-order chi connectivity index (χ0) is 17.9. The van der Waals surface area contributed by atoms with E-state index in [2.05, 4.69) is 19.2 Å². The highest BCUT2D eigenvalue weighted by Gasteiger charge is 1.98. The fraction of sp³-hybridized carbons (Fsp3) is 0.227. The van der Waals surface area contributed by atoms with Crippen LogP contribution in [0.25, 0.3) is 6.08 Å². The molecule has 2 aromatic carbocycles. The highest BCUT2D eigenvalue weighted by molar-refractivity contribution is 5.91. The molecule has 0 bridgehead atoms. The van der Waals surface area contributed by atoms with Crippen molar-refractivity contribution >= 4 is 12.0 Å². The highest BCUT2D eigenvalue weighted by Crippen LogP contribution is 2.12. The van der Waals surface area contributed by atoms with Crippen LogP contribution in [0.3, 0.4) is 0 Å². The number of allylic oxidation sites excluding steroid dienone is 1. The van der Waals surface area contributed by atoms with Crippen molar-refractivity contribution in [3.63, 3.8) is 0 Å². The van der Waals surface area contributed by atoms with Crippen molar-refractivity contribution in [3.05, 3.63) is 83.4 Å². The first-order chi connectivity index (χ1) is 12.1. The molecule has 0 radical (unpaired) electrons. The smallest absolute Gasteiger partial charge is 0.244 e. The topological polar surface area (TPSA) is 38.3 Å². The minimum atomic E-state index is -0.0782. The Kier molecular flexibility index (Phi) is 7.51. The fourth-order valence-corrected chi connectivity index (χ4v) is 2.18. The summed E-state index contributed by atoms with van der Waals surface area (Å²) in [6, 6.07) is 17.8. The Morgan fingerprint density at radius 1 is 1.04 bits per heavy atom. The zero-order valence-corrected chi connectivity index (χ0v) is 14.9. The maximum Gasteiger partial charge on any atom is 0.244 e. The van der Waals surface area contributed by atoms with E-state index in [9.17, 15) is 4.79 Å². The van der Waals surface area contributed by atoms with E-state index >= 15 is 0 Å². The number of hydrogen-bond donors (Lipinski definition) is 1. The third-order valence-electron chi connectivity index (χ3n) is 3.60. The van der Waals surface area contributed by atoms with E-state index in [0.717, 1.165) is 17.7 Å². The molecule has 0 aromatic heterocycles. The number of benzene rings is 2. The van der Waals surface area contributed by atoms with Gasteiger partial charge in [0.2, 0.25) is 5.91 Å². The van der Waals surface area contributed by atoms with Gasteiger partial charge in [-0.3, -0.25) is 4.79 Å². The van der Waals surface area contributed by atoms with Gasteiger partial charge in [-0.1, -0.05) is 48.0 Å². The summed E-state index contributed by atoms with van der Waals surface area (Å²) >= 11 is 0. The van der Waals surface area contributed by atoms with E-state index in [1.807, 2.05) is 66.7 Å². The van der Waals surface area contributed by atoms with Crippen LogP contribution in [0.2, 0.25) is 0 Å². The summed E-state index contributed by atoms with van der Waals surface area (Å²) in [5.74, 6) is 0.779. The molecule has 25 heavy (non-hydrogen) atoms. The lowest BCUT2D eigenvalue weighted by Crippen LogP contribution is -2.23. The van der Waals surface area contributed by atoms with Crippen molar-refractivity contribution in [2.75, 3.05) is 13.2 Å². The predicted octanol–water partition coefficient (Wildman–Crippen LogP) is 4.40. The molecule has 0 spiro atoms. The number of nitrogens with one attached hydrogen (secondary N) is 1. The molecule has 3 nitrogen and oxygen atoms in total. The molecule has 0 fully saturated rings. The summed E-state index contributed by atoms with van der Waals surface area (Å²) in [6.45, 7) is 5.30. The molecule has 0 atom stereocenters. The molecule has 0 saturated heterocycles. The summed E-state index contributed by atoms with van der Waals surface area (Å²) in [7, 11) is 0. The fourth-order valence-electron chi connectivity index (χ4n) is 2.18. The van der Waals surface area contributed by atoms with Crippen molar-refractivity contribution in [1.82, 2.24) is 5.32 Å². The quantitative estimate of drug-likeness (QED) is 0.573. The number of carbonyl (C=O) groups excluding carboxylic acids is 1. The molecule has 0 saturated carbocycles. The van der Waals surface area contributed by atoms with E-state index in [4.69, 9.17) is 4.74 Å². The maximum absolute atomic E-state index is 11.8. The van der Waals surface area contributed by atoms with Gasteiger partial charge in [0.15, 0.2) is 0 Å². The largest absolute Gasteiger partial charge is 0.490 e. The summed E-state index contributed by atoms with van der Waals surface area (Å²) in [6.07, 6.45) is 6.22. The normalized spacial score (nSPS) is 10.5. The maximum atomic E-state index is 11.8. The van der Waals surface area contributed by atoms with Gasteiger partial charge in [0.25, 0.3) is 0 Å². The monoisotopic (exact) mass is 335 g/mol. The third kappa shape index (κ3) is 7.53. The van der Waals surface area contributed by atoms with Crippen molar-refractivity contribution in [3.8, 4) is 5.75 Å². The second-order valence-corrected chi connectivity index (χ2v) is 6.02. The van der Waals surface area contributed by atoms with Gasteiger partial charge in [-0.15, -0.1) is 0 Å². The first kappa shape index (κ1) is 18.5. The standard InChI is InChI=1S/C22H25NO2/c1-18(2)15-17-25-21-11-8-20(9-12-21)14-16-23-22(24)13-10-19-6-4-3-5-7-19/h3-13,15H,14,16-17H2,1-2H3,(H,23,24)/b13-10+. The minimum absolute atomic E-state index is 0.0782. The van der Waals surface area contributed by atoms with Gasteiger partial charge in [-0.25, -0.2) is 0 Å². The van der Waals surface area contributed by atoms with Gasteiger partial charge < -0.3 is 10.1 Å². The van der Waals surface area contributed by atoms with Crippen molar-refractivity contribution in [1.29, 1.82) is 0 Å². The van der Waals surface area contributed by atoms with Crippen LogP contribution < -0.4 is 10.1 Å². The van der Waals surface area contributed by atoms with Crippen LogP contribution in [-0.4, -0.2) is 19.1 Å². The zero-order valence-electron chi connectivity index (χ0n) is 14.9. The molecule has 0 heterocycles. The first-order valence-corrected chi connectivity index (χ1v) is 8.49. The summed E-state index contributed by atoms with van der Waals surface area (Å²) in [4.78, 5) is 11.8. The van der Waals surface area contributed by atoms with E-state index in [1.165, 1.54) is 11.1 Å². The Morgan fingerprint density at radius 3 is 2.44 bits per heavy atom. The van der Waals surface area contributed by atoms with E-state index < -0.39 is 0 Å². The van der Waals surface area contributed by atoms with Gasteiger partial charge in [0.05, 0.1) is 0 Å². The molecule has 1 N–H and O–H groups in total. The van der Waals surface area contributed by atoms with E-state index in [0.29, 0.717) is 13.2 Å². The van der Waals surface area contributed by atoms with Crippen molar-refractivity contribution in [2.45, 2.75) is 20.3 Å². The molecule has 0 aliphatic rings. The first-order valence-electron chi connectivity index (χ1n) is 8.49. The van der Waals surface area contributed by atoms with Crippen LogP contribution in [0.5, 0.6) is 5.75 Å². The molecule has 130 valence electrons. The molecule has 2 aromatic rings. The Morgan fingerprint density at radius 2 is 1.76 bits per heavy atom. The van der Waals surface area contributed by atoms with Crippen molar-refractivity contribution in [2.24, 2.45) is 0 Å². The third-order valence-corrected chi connectivity index (χ3v) is 3.60. The lowest BCUT2D eigenvalue weighted by atomic mass is 10.1. The Bertz CT molecular complexity index is 711. The molecular weight excluding hydrogens is 310 g/mol. The lowest BCUT2D eigenvalue weighted by Gasteiger charge is -2.06. The molecule has 3 heteroatoms. The number of hydrogen-bond acceptors (Lipinski definition) is 2. The van der Waals surface area contributed by atoms with Crippen molar-refractivity contribution < 1.29 is 9.53 Å². The van der Waals surface area contributed by atoms with E-state index in [1.54, 1.807) is 6.08 Å². The number of ether oxygens (including phenoxy) is 1. The Balaban J connectivity index is 1.71. The van der Waals surface area contributed by atoms with Crippen LogP contribution in [0.1, 0.15) is 25.0 Å². The van der Waals surface area contributed by atoms with Crippen LogP contribution >= 0.6 is 0 Å². The van der Waals surface area contributed by atoms with Gasteiger partial charge in [0, 0.05) is 12.6 Å². The van der Waals surface area contributed by atoms with Crippen LogP contribution in [-0.2, 0) is 11.2 Å². The van der Waals surface area contributed by atoms with Gasteiger partial charge in [0.1, 0.15) is 12.4 Å². The average molecular weight is 335 g/mol. The van der Waals surface area contributed by atoms with Crippen LogP contribution in [0.4, 0.5) is 0 Å². The second-order valence-electron chi connectivity index (χ2n) is 6.02. The van der Waals surface area contributed by atoms with E-state index in [-0.39, 0.29) is 5.91 Å². The molecule has 0 aliphatic carbocycles. The highest BCUT2D eigenvalue weighted by atomic mass is 16.5. The Labute approximate surface area is 150 Å². The summed E-state index contributed by atoms with van der Waals surface area (Å²) in [5, 5.41) is 2.90. The number of amides is 1. The Hall–Kier alpha value is -2.81. The van der Waals surface area contributed by atoms with Gasteiger partial charge in [-0.05, 0) is 55.7 Å². The van der Waals surface area contributed by atoms with Gasteiger partial charge >= 0.3 is 0 Å². The minimum Gasteiger partial charge on any atom is -0.490 e. The molecule has 2 rings (SSSR count). The number of carbonyl (C=O) groups is 1. The molecule has 0 aliphatic heterocycles. The van der Waals surface area contributed by atoms with Crippen LogP contribution in [0.15, 0.2) is 72.3 Å². The average Bonchev–Trinajstić information content (AvgIpc) is 2.62. The number of rotatable bonds is 8. The SMILES string of the molecule is CC(C)=CCOc1ccc(CCNC(=O)/C=C/c2ccccc2)cc1. The molecule has 1 amide bonds. The summed E-state index contributed by atoms with van der Waals surface area (Å²) in [5.41, 5.74) is 3.43. The predicted molar refractivity (Wildman–Crippen MR) is 104 cm³/mol. The summed E-state index contributed by atoms with van der Waals surface area (Å²) < 4.78 is 5.63.